The molecule has 1 heterocycles. The summed E-state index contributed by atoms with van der Waals surface area (Å²) < 4.78 is 24.5. The summed E-state index contributed by atoms with van der Waals surface area (Å²) in [7, 11) is -3.34. The zero-order valence-electron chi connectivity index (χ0n) is 13.6. The molecule has 0 unspecified atom stereocenters. The number of carbonyl (C=O) groups is 1. The van der Waals surface area contributed by atoms with Crippen molar-refractivity contribution in [2.24, 2.45) is 0 Å². The van der Waals surface area contributed by atoms with Crippen LogP contribution >= 0.6 is 0 Å². The summed E-state index contributed by atoms with van der Waals surface area (Å²) in [5, 5.41) is 22.6. The normalized spacial score (nSPS) is 11.1. The van der Waals surface area contributed by atoms with Crippen molar-refractivity contribution in [3.63, 3.8) is 0 Å². The summed E-state index contributed by atoms with van der Waals surface area (Å²) in [6.45, 7) is 0. The van der Waals surface area contributed by atoms with Gasteiger partial charge in [0, 0.05) is 18.0 Å². The molecule has 0 saturated heterocycles. The van der Waals surface area contributed by atoms with Crippen LogP contribution in [0.5, 0.6) is 0 Å². The Labute approximate surface area is 149 Å². The molecule has 0 bridgehead atoms. The lowest BCUT2D eigenvalue weighted by atomic mass is 10.1. The van der Waals surface area contributed by atoms with Crippen molar-refractivity contribution in [1.29, 1.82) is 5.26 Å². The van der Waals surface area contributed by atoms with Crippen molar-refractivity contribution in [1.82, 2.24) is 9.78 Å². The number of nitriles is 1. The van der Waals surface area contributed by atoms with Gasteiger partial charge in [0.2, 0.25) is 0 Å². The minimum absolute atomic E-state index is 0.0125. The van der Waals surface area contributed by atoms with Gasteiger partial charge in [0.05, 0.1) is 22.2 Å². The minimum atomic E-state index is -3.34. The molecule has 0 fully saturated rings. The first-order chi connectivity index (χ1) is 12.3. The first-order valence-corrected chi connectivity index (χ1v) is 9.33. The molecule has 8 heteroatoms. The van der Waals surface area contributed by atoms with Crippen molar-refractivity contribution in [2.45, 2.75) is 4.90 Å². The molecule has 3 aromatic rings. The van der Waals surface area contributed by atoms with E-state index in [2.05, 4.69) is 5.10 Å². The zero-order valence-corrected chi connectivity index (χ0v) is 14.4. The molecule has 1 N–H and O–H groups in total. The molecule has 0 spiro atoms. The van der Waals surface area contributed by atoms with Crippen LogP contribution in [0, 0.1) is 11.3 Å². The van der Waals surface area contributed by atoms with Crippen molar-refractivity contribution >= 4 is 15.8 Å². The van der Waals surface area contributed by atoms with Crippen LogP contribution in [0.25, 0.3) is 16.9 Å². The van der Waals surface area contributed by atoms with Crippen LogP contribution in [0.4, 0.5) is 0 Å². The maximum Gasteiger partial charge on any atom is 0.339 e. The number of aromatic nitrogens is 2. The van der Waals surface area contributed by atoms with E-state index in [1.807, 2.05) is 6.07 Å². The fourth-order valence-corrected chi connectivity index (χ4v) is 3.06. The minimum Gasteiger partial charge on any atom is -0.478 e. The van der Waals surface area contributed by atoms with E-state index in [1.165, 1.54) is 35.1 Å². The summed E-state index contributed by atoms with van der Waals surface area (Å²) in [5.41, 5.74) is 1.78. The third kappa shape index (κ3) is 3.34. The van der Waals surface area contributed by atoms with Crippen LogP contribution in [0.2, 0.25) is 0 Å². The highest BCUT2D eigenvalue weighted by Gasteiger charge is 2.18. The standard InChI is InChI=1S/C18H13N3O4S/c1-26(24,25)15-8-4-13(5-9-15)17-16(18(22)23)11-21(20-17)14-6-2-12(10-19)3-7-14/h2-9,11H,1H3,(H,22,23). The SMILES string of the molecule is CS(=O)(=O)c1ccc(-c2nn(-c3ccc(C#N)cc3)cc2C(=O)O)cc1. The van der Waals surface area contributed by atoms with Crippen LogP contribution in [0.3, 0.4) is 0 Å². The van der Waals surface area contributed by atoms with E-state index in [1.54, 1.807) is 24.3 Å². The van der Waals surface area contributed by atoms with E-state index in [9.17, 15) is 18.3 Å². The predicted octanol–water partition coefficient (Wildman–Crippen LogP) is 2.51. The number of aromatic carboxylic acids is 1. The van der Waals surface area contributed by atoms with E-state index in [0.717, 1.165) is 6.26 Å². The van der Waals surface area contributed by atoms with Crippen molar-refractivity contribution < 1.29 is 18.3 Å². The molecule has 0 aliphatic heterocycles. The third-order valence-electron chi connectivity index (χ3n) is 3.76. The predicted molar refractivity (Wildman–Crippen MR) is 93.8 cm³/mol. The summed E-state index contributed by atoms with van der Waals surface area (Å²) in [6.07, 6.45) is 2.48. The topological polar surface area (TPSA) is 113 Å². The molecule has 1 aromatic heterocycles. The molecule has 0 amide bonds. The molecule has 2 aromatic carbocycles. The Hall–Kier alpha value is -3.44. The second kappa shape index (κ2) is 6.46. The molecule has 3 rings (SSSR count). The number of benzene rings is 2. The Morgan fingerprint density at radius 2 is 1.73 bits per heavy atom. The van der Waals surface area contributed by atoms with Gasteiger partial charge in [0.25, 0.3) is 0 Å². The van der Waals surface area contributed by atoms with Gasteiger partial charge >= 0.3 is 5.97 Å². The summed E-state index contributed by atoms with van der Waals surface area (Å²) in [6, 6.07) is 14.4. The second-order valence-electron chi connectivity index (χ2n) is 5.60. The van der Waals surface area contributed by atoms with E-state index in [0.29, 0.717) is 16.8 Å². The fraction of sp³-hybridized carbons (Fsp3) is 0.0556. The Bertz CT molecular complexity index is 1120. The highest BCUT2D eigenvalue weighted by Crippen LogP contribution is 2.25. The van der Waals surface area contributed by atoms with Gasteiger partial charge in [-0.15, -0.1) is 0 Å². The van der Waals surface area contributed by atoms with Crippen LogP contribution in [-0.2, 0) is 9.84 Å². The number of rotatable bonds is 4. The maximum absolute atomic E-state index is 11.6. The number of hydrogen-bond acceptors (Lipinski definition) is 5. The molecule has 0 aliphatic carbocycles. The van der Waals surface area contributed by atoms with Gasteiger partial charge in [-0.25, -0.2) is 17.9 Å². The highest BCUT2D eigenvalue weighted by molar-refractivity contribution is 7.90. The Balaban J connectivity index is 2.08. The molecule has 26 heavy (non-hydrogen) atoms. The van der Waals surface area contributed by atoms with Gasteiger partial charge in [-0.05, 0) is 36.4 Å². The van der Waals surface area contributed by atoms with Gasteiger partial charge in [0.15, 0.2) is 9.84 Å². The van der Waals surface area contributed by atoms with E-state index >= 15 is 0 Å². The summed E-state index contributed by atoms with van der Waals surface area (Å²) >= 11 is 0. The Kier molecular flexibility index (Phi) is 4.32. The highest BCUT2D eigenvalue weighted by atomic mass is 32.2. The molecule has 130 valence electrons. The largest absolute Gasteiger partial charge is 0.478 e. The lowest BCUT2D eigenvalue weighted by molar-refractivity contribution is 0.0697. The number of carboxylic acids is 1. The van der Waals surface area contributed by atoms with Crippen LogP contribution in [0.1, 0.15) is 15.9 Å². The molecule has 7 nitrogen and oxygen atoms in total. The third-order valence-corrected chi connectivity index (χ3v) is 4.89. The zero-order chi connectivity index (χ0) is 18.9. The summed E-state index contributed by atoms with van der Waals surface area (Å²) in [5.74, 6) is -1.15. The average molecular weight is 367 g/mol. The van der Waals surface area contributed by atoms with E-state index < -0.39 is 15.8 Å². The maximum atomic E-state index is 11.6. The number of sulfone groups is 1. The number of carboxylic acid groups (broad SMARTS) is 1. The number of hydrogen-bond donors (Lipinski definition) is 1. The van der Waals surface area contributed by atoms with Crippen molar-refractivity contribution in [3.8, 4) is 23.0 Å². The molecule has 0 aliphatic rings. The second-order valence-corrected chi connectivity index (χ2v) is 7.61. The van der Waals surface area contributed by atoms with Crippen molar-refractivity contribution in [3.05, 3.63) is 65.9 Å². The van der Waals surface area contributed by atoms with Gasteiger partial charge in [-0.1, -0.05) is 12.1 Å². The number of nitrogens with zero attached hydrogens (tertiary/aromatic N) is 3. The van der Waals surface area contributed by atoms with Crippen molar-refractivity contribution in [2.75, 3.05) is 6.26 Å². The quantitative estimate of drug-likeness (QED) is 0.758. The molecule has 0 saturated carbocycles. The van der Waals surface area contributed by atoms with Crippen LogP contribution in [-0.4, -0.2) is 35.5 Å². The monoisotopic (exact) mass is 367 g/mol. The lowest BCUT2D eigenvalue weighted by Crippen LogP contribution is -1.98. The average Bonchev–Trinajstić information content (AvgIpc) is 3.07. The smallest absolute Gasteiger partial charge is 0.339 e. The summed E-state index contributed by atoms with van der Waals surface area (Å²) in [4.78, 5) is 11.7. The van der Waals surface area contributed by atoms with E-state index in [4.69, 9.17) is 5.26 Å². The van der Waals surface area contributed by atoms with E-state index in [-0.39, 0.29) is 16.2 Å². The molecular weight excluding hydrogens is 354 g/mol. The Morgan fingerprint density at radius 3 is 2.23 bits per heavy atom. The first kappa shape index (κ1) is 17.4. The molecule has 0 radical (unpaired) electrons. The van der Waals surface area contributed by atoms with Crippen LogP contribution in [0.15, 0.2) is 59.6 Å². The lowest BCUT2D eigenvalue weighted by Gasteiger charge is -2.02. The van der Waals surface area contributed by atoms with Crippen LogP contribution < -0.4 is 0 Å². The molecule has 0 atom stereocenters. The molecular formula is C18H13N3O4S. The van der Waals surface area contributed by atoms with Gasteiger partial charge in [-0.2, -0.15) is 10.4 Å². The first-order valence-electron chi connectivity index (χ1n) is 7.43. The van der Waals surface area contributed by atoms with Gasteiger partial charge < -0.3 is 5.11 Å². The van der Waals surface area contributed by atoms with Gasteiger partial charge in [0.1, 0.15) is 11.3 Å². The van der Waals surface area contributed by atoms with Gasteiger partial charge in [-0.3, -0.25) is 0 Å². The fourth-order valence-electron chi connectivity index (χ4n) is 2.42. The Morgan fingerprint density at radius 1 is 1.12 bits per heavy atom.